The predicted molar refractivity (Wildman–Crippen MR) is 73.5 cm³/mol. The highest BCUT2D eigenvalue weighted by Gasteiger charge is 2.18. The molecule has 1 aliphatic heterocycles. The lowest BCUT2D eigenvalue weighted by atomic mass is 10.1. The number of rotatable bonds is 3. The van der Waals surface area contributed by atoms with Crippen LogP contribution in [0.1, 0.15) is 19.8 Å². The first-order valence-corrected chi connectivity index (χ1v) is 6.82. The number of nitrogens with zero attached hydrogens (tertiary/aromatic N) is 3. The van der Waals surface area contributed by atoms with Crippen molar-refractivity contribution in [3.8, 4) is 0 Å². The fourth-order valence-electron chi connectivity index (χ4n) is 2.03. The predicted octanol–water partition coefficient (Wildman–Crippen LogP) is 1.98. The molecule has 16 heavy (non-hydrogen) atoms. The molecule has 1 aliphatic rings. The van der Waals surface area contributed by atoms with Gasteiger partial charge in [-0.2, -0.15) is 0 Å². The zero-order chi connectivity index (χ0) is 11.4. The SMILES string of the molecule is CCN1CCCC(Nc2ncc(I)cn2)C1. The van der Waals surface area contributed by atoms with Crippen LogP contribution in [-0.2, 0) is 0 Å². The molecule has 0 bridgehead atoms. The summed E-state index contributed by atoms with van der Waals surface area (Å²) in [7, 11) is 0. The molecule has 0 aromatic carbocycles. The van der Waals surface area contributed by atoms with E-state index in [1.165, 1.54) is 19.4 Å². The average molecular weight is 332 g/mol. The Hall–Kier alpha value is -0.430. The van der Waals surface area contributed by atoms with Crippen LogP contribution in [0.4, 0.5) is 5.95 Å². The lowest BCUT2D eigenvalue weighted by Crippen LogP contribution is -2.42. The van der Waals surface area contributed by atoms with Gasteiger partial charge in [-0.1, -0.05) is 6.92 Å². The Morgan fingerprint density at radius 1 is 1.50 bits per heavy atom. The normalized spacial score (nSPS) is 22.0. The third kappa shape index (κ3) is 3.28. The van der Waals surface area contributed by atoms with Crippen molar-refractivity contribution < 1.29 is 0 Å². The summed E-state index contributed by atoms with van der Waals surface area (Å²) in [6.45, 7) is 5.67. The second kappa shape index (κ2) is 5.77. The summed E-state index contributed by atoms with van der Waals surface area (Å²) in [5, 5.41) is 3.41. The van der Waals surface area contributed by atoms with Gasteiger partial charge in [0.1, 0.15) is 0 Å². The first-order valence-electron chi connectivity index (χ1n) is 5.74. The topological polar surface area (TPSA) is 41.0 Å². The van der Waals surface area contributed by atoms with E-state index in [9.17, 15) is 0 Å². The highest BCUT2D eigenvalue weighted by Crippen LogP contribution is 2.13. The van der Waals surface area contributed by atoms with Gasteiger partial charge in [0.05, 0.1) is 0 Å². The van der Waals surface area contributed by atoms with Gasteiger partial charge >= 0.3 is 0 Å². The van der Waals surface area contributed by atoms with E-state index >= 15 is 0 Å². The molecule has 1 unspecified atom stereocenters. The maximum absolute atomic E-state index is 4.27. The van der Waals surface area contributed by atoms with Crippen molar-refractivity contribution in [3.05, 3.63) is 16.0 Å². The minimum absolute atomic E-state index is 0.494. The summed E-state index contributed by atoms with van der Waals surface area (Å²) in [6.07, 6.45) is 6.16. The van der Waals surface area contributed by atoms with Gasteiger partial charge in [-0.25, -0.2) is 9.97 Å². The smallest absolute Gasteiger partial charge is 0.222 e. The van der Waals surface area contributed by atoms with E-state index in [0.717, 1.165) is 22.6 Å². The third-order valence-corrected chi connectivity index (χ3v) is 3.46. The molecule has 1 aromatic heterocycles. The van der Waals surface area contributed by atoms with Crippen molar-refractivity contribution in [2.45, 2.75) is 25.8 Å². The lowest BCUT2D eigenvalue weighted by molar-refractivity contribution is 0.226. The van der Waals surface area contributed by atoms with E-state index in [0.29, 0.717) is 6.04 Å². The number of likely N-dealkylation sites (N-methyl/N-ethyl adjacent to an activating group) is 1. The molecule has 5 heteroatoms. The summed E-state index contributed by atoms with van der Waals surface area (Å²) in [6, 6.07) is 0.494. The number of likely N-dealkylation sites (tertiary alicyclic amines) is 1. The van der Waals surface area contributed by atoms with E-state index in [1.54, 1.807) is 0 Å². The molecule has 0 amide bonds. The molecule has 1 N–H and O–H groups in total. The highest BCUT2D eigenvalue weighted by molar-refractivity contribution is 14.1. The highest BCUT2D eigenvalue weighted by atomic mass is 127. The molecule has 1 fully saturated rings. The van der Waals surface area contributed by atoms with Gasteiger partial charge in [-0.15, -0.1) is 0 Å². The molecule has 88 valence electrons. The minimum Gasteiger partial charge on any atom is -0.350 e. The van der Waals surface area contributed by atoms with E-state index in [-0.39, 0.29) is 0 Å². The van der Waals surface area contributed by atoms with Crippen LogP contribution in [0, 0.1) is 3.57 Å². The maximum atomic E-state index is 4.27. The standard InChI is InChI=1S/C11H17IN4/c1-2-16-5-3-4-10(8-16)15-11-13-6-9(12)7-14-11/h6-7,10H,2-5,8H2,1H3,(H,13,14,15). The van der Waals surface area contributed by atoms with Gasteiger partial charge in [0.25, 0.3) is 0 Å². The van der Waals surface area contributed by atoms with Gasteiger partial charge in [0.2, 0.25) is 5.95 Å². The number of halogens is 1. The van der Waals surface area contributed by atoms with Crippen molar-refractivity contribution >= 4 is 28.5 Å². The van der Waals surface area contributed by atoms with Crippen LogP contribution in [0.5, 0.6) is 0 Å². The number of nitrogens with one attached hydrogen (secondary N) is 1. The molecule has 1 aromatic rings. The van der Waals surface area contributed by atoms with Crippen molar-refractivity contribution in [1.29, 1.82) is 0 Å². The first-order chi connectivity index (χ1) is 7.78. The van der Waals surface area contributed by atoms with Gasteiger partial charge in [0, 0.05) is 28.6 Å². The lowest BCUT2D eigenvalue weighted by Gasteiger charge is -2.32. The van der Waals surface area contributed by atoms with Crippen molar-refractivity contribution in [2.24, 2.45) is 0 Å². The molecule has 4 nitrogen and oxygen atoms in total. The Balaban J connectivity index is 1.91. The van der Waals surface area contributed by atoms with Crippen LogP contribution in [0.25, 0.3) is 0 Å². The Bertz CT molecular complexity index is 327. The number of aromatic nitrogens is 2. The Labute approximate surface area is 110 Å². The molecular weight excluding hydrogens is 315 g/mol. The zero-order valence-electron chi connectivity index (χ0n) is 9.49. The van der Waals surface area contributed by atoms with Gasteiger partial charge in [-0.05, 0) is 48.5 Å². The van der Waals surface area contributed by atoms with Crippen LogP contribution in [0.3, 0.4) is 0 Å². The van der Waals surface area contributed by atoms with E-state index in [4.69, 9.17) is 0 Å². The van der Waals surface area contributed by atoms with Crippen LogP contribution in [-0.4, -0.2) is 40.5 Å². The summed E-state index contributed by atoms with van der Waals surface area (Å²) < 4.78 is 1.07. The monoisotopic (exact) mass is 332 g/mol. The van der Waals surface area contributed by atoms with Crippen molar-refractivity contribution in [3.63, 3.8) is 0 Å². The van der Waals surface area contributed by atoms with E-state index in [1.807, 2.05) is 12.4 Å². The minimum atomic E-state index is 0.494. The van der Waals surface area contributed by atoms with Crippen molar-refractivity contribution in [1.82, 2.24) is 14.9 Å². The number of anilines is 1. The van der Waals surface area contributed by atoms with Gasteiger partial charge in [0.15, 0.2) is 0 Å². The van der Waals surface area contributed by atoms with Crippen LogP contribution >= 0.6 is 22.6 Å². The molecule has 0 saturated carbocycles. The molecule has 2 rings (SSSR count). The summed E-state index contributed by atoms with van der Waals surface area (Å²) in [4.78, 5) is 11.0. The van der Waals surface area contributed by atoms with Crippen LogP contribution < -0.4 is 5.32 Å². The van der Waals surface area contributed by atoms with Crippen molar-refractivity contribution in [2.75, 3.05) is 25.0 Å². The number of hydrogen-bond acceptors (Lipinski definition) is 4. The Kier molecular flexibility index (Phi) is 4.34. The van der Waals surface area contributed by atoms with Gasteiger partial charge in [-0.3, -0.25) is 0 Å². The van der Waals surface area contributed by atoms with E-state index in [2.05, 4.69) is 49.7 Å². The summed E-state index contributed by atoms with van der Waals surface area (Å²) in [5.41, 5.74) is 0. The Morgan fingerprint density at radius 2 is 2.25 bits per heavy atom. The quantitative estimate of drug-likeness (QED) is 0.860. The summed E-state index contributed by atoms with van der Waals surface area (Å²) >= 11 is 2.22. The molecule has 0 spiro atoms. The number of hydrogen-bond donors (Lipinski definition) is 1. The maximum Gasteiger partial charge on any atom is 0.222 e. The average Bonchev–Trinajstić information content (AvgIpc) is 2.32. The first kappa shape index (κ1) is 12.0. The van der Waals surface area contributed by atoms with E-state index < -0.39 is 0 Å². The second-order valence-corrected chi connectivity index (χ2v) is 5.35. The fourth-order valence-corrected chi connectivity index (χ4v) is 2.31. The molecule has 0 aliphatic carbocycles. The second-order valence-electron chi connectivity index (χ2n) is 4.10. The molecule has 0 radical (unpaired) electrons. The largest absolute Gasteiger partial charge is 0.350 e. The molecular formula is C11H17IN4. The number of piperidine rings is 1. The van der Waals surface area contributed by atoms with Crippen LogP contribution in [0.15, 0.2) is 12.4 Å². The Morgan fingerprint density at radius 3 is 2.94 bits per heavy atom. The zero-order valence-corrected chi connectivity index (χ0v) is 11.6. The third-order valence-electron chi connectivity index (χ3n) is 2.91. The summed E-state index contributed by atoms with van der Waals surface area (Å²) in [5.74, 6) is 0.753. The molecule has 1 atom stereocenters. The van der Waals surface area contributed by atoms with Gasteiger partial charge < -0.3 is 10.2 Å². The molecule has 1 saturated heterocycles. The van der Waals surface area contributed by atoms with Crippen LogP contribution in [0.2, 0.25) is 0 Å². The fraction of sp³-hybridized carbons (Fsp3) is 0.636. The molecule has 2 heterocycles.